The SMILES string of the molecule is COC(=O)C1C2CCCN2C2(CCCCC2)C1C(=O)OC. The molecule has 21 heavy (non-hydrogen) atoms. The van der Waals surface area contributed by atoms with Crippen molar-refractivity contribution in [2.75, 3.05) is 20.8 Å². The van der Waals surface area contributed by atoms with E-state index in [9.17, 15) is 9.59 Å². The molecule has 2 saturated heterocycles. The summed E-state index contributed by atoms with van der Waals surface area (Å²) in [5.41, 5.74) is -0.175. The smallest absolute Gasteiger partial charge is 0.311 e. The van der Waals surface area contributed by atoms with Crippen LogP contribution in [0.2, 0.25) is 0 Å². The highest BCUT2D eigenvalue weighted by Crippen LogP contribution is 2.54. The zero-order valence-electron chi connectivity index (χ0n) is 13.0. The number of ether oxygens (including phenoxy) is 2. The quantitative estimate of drug-likeness (QED) is 0.726. The molecule has 3 rings (SSSR count). The van der Waals surface area contributed by atoms with Gasteiger partial charge >= 0.3 is 11.9 Å². The maximum absolute atomic E-state index is 12.5. The van der Waals surface area contributed by atoms with Gasteiger partial charge in [-0.15, -0.1) is 0 Å². The number of fused-ring (bicyclic) bond motifs is 2. The Balaban J connectivity index is 2.03. The molecule has 1 saturated carbocycles. The van der Waals surface area contributed by atoms with E-state index >= 15 is 0 Å². The highest BCUT2D eigenvalue weighted by molar-refractivity contribution is 5.85. The van der Waals surface area contributed by atoms with Gasteiger partial charge in [-0.2, -0.15) is 0 Å². The molecule has 3 fully saturated rings. The summed E-state index contributed by atoms with van der Waals surface area (Å²) in [6.07, 6.45) is 7.56. The van der Waals surface area contributed by atoms with E-state index in [1.165, 1.54) is 20.6 Å². The highest BCUT2D eigenvalue weighted by Gasteiger charge is 2.64. The predicted octanol–water partition coefficient (Wildman–Crippen LogP) is 1.75. The molecule has 2 aliphatic heterocycles. The number of methoxy groups -OCH3 is 2. The van der Waals surface area contributed by atoms with Crippen molar-refractivity contribution in [3.8, 4) is 0 Å². The van der Waals surface area contributed by atoms with Crippen LogP contribution in [0.15, 0.2) is 0 Å². The fourth-order valence-electron chi connectivity index (χ4n) is 5.14. The van der Waals surface area contributed by atoms with Crippen LogP contribution in [0.25, 0.3) is 0 Å². The summed E-state index contributed by atoms with van der Waals surface area (Å²) in [6.45, 7) is 0.992. The van der Waals surface area contributed by atoms with E-state index in [1.807, 2.05) is 0 Å². The van der Waals surface area contributed by atoms with Gasteiger partial charge in [-0.3, -0.25) is 14.5 Å². The number of carbonyl (C=O) groups excluding carboxylic acids is 2. The van der Waals surface area contributed by atoms with Crippen LogP contribution in [0.3, 0.4) is 0 Å². The van der Waals surface area contributed by atoms with Gasteiger partial charge in [0.2, 0.25) is 0 Å². The summed E-state index contributed by atoms with van der Waals surface area (Å²) in [6, 6.07) is 0.152. The minimum atomic E-state index is -0.361. The molecule has 0 N–H and O–H groups in total. The molecular weight excluding hydrogens is 270 g/mol. The molecule has 0 bridgehead atoms. The average molecular weight is 295 g/mol. The van der Waals surface area contributed by atoms with Gasteiger partial charge in [0.25, 0.3) is 0 Å². The fourth-order valence-corrected chi connectivity index (χ4v) is 5.14. The Morgan fingerprint density at radius 2 is 1.67 bits per heavy atom. The van der Waals surface area contributed by atoms with Gasteiger partial charge in [0.05, 0.1) is 26.1 Å². The Hall–Kier alpha value is -1.10. The van der Waals surface area contributed by atoms with Gasteiger partial charge < -0.3 is 9.47 Å². The van der Waals surface area contributed by atoms with Crippen LogP contribution in [-0.2, 0) is 19.1 Å². The van der Waals surface area contributed by atoms with E-state index in [0.29, 0.717) is 0 Å². The Morgan fingerprint density at radius 1 is 1.00 bits per heavy atom. The zero-order chi connectivity index (χ0) is 15.0. The lowest BCUT2D eigenvalue weighted by atomic mass is 9.70. The standard InChI is InChI=1S/C16H25NO4/c1-20-14(18)12-11-7-6-10-17(11)16(8-4-3-5-9-16)13(12)15(19)21-2/h11-13H,3-10H2,1-2H3. The molecule has 5 nitrogen and oxygen atoms in total. The van der Waals surface area contributed by atoms with Crippen LogP contribution >= 0.6 is 0 Å². The zero-order valence-corrected chi connectivity index (χ0v) is 13.0. The molecule has 0 aromatic rings. The van der Waals surface area contributed by atoms with Gasteiger partial charge in [-0.25, -0.2) is 0 Å². The van der Waals surface area contributed by atoms with E-state index in [1.54, 1.807) is 0 Å². The van der Waals surface area contributed by atoms with Crippen LogP contribution in [0.4, 0.5) is 0 Å². The third kappa shape index (κ3) is 2.08. The van der Waals surface area contributed by atoms with Gasteiger partial charge in [0.1, 0.15) is 0 Å². The molecule has 3 unspecified atom stereocenters. The Labute approximate surface area is 126 Å². The summed E-state index contributed by atoms with van der Waals surface area (Å²) in [4.78, 5) is 27.3. The Morgan fingerprint density at radius 3 is 2.29 bits per heavy atom. The van der Waals surface area contributed by atoms with Gasteiger partial charge in [0.15, 0.2) is 0 Å². The lowest BCUT2D eigenvalue weighted by molar-refractivity contribution is -0.159. The fraction of sp³-hybridized carbons (Fsp3) is 0.875. The maximum atomic E-state index is 12.5. The van der Waals surface area contributed by atoms with Crippen molar-refractivity contribution in [1.29, 1.82) is 0 Å². The van der Waals surface area contributed by atoms with E-state index in [4.69, 9.17) is 9.47 Å². The first-order valence-corrected chi connectivity index (χ1v) is 8.08. The van der Waals surface area contributed by atoms with Crippen LogP contribution < -0.4 is 0 Å². The summed E-state index contributed by atoms with van der Waals surface area (Å²) < 4.78 is 10.1. The lowest BCUT2D eigenvalue weighted by Gasteiger charge is -2.44. The molecule has 0 amide bonds. The van der Waals surface area contributed by atoms with Crippen LogP contribution in [0.1, 0.15) is 44.9 Å². The molecule has 0 radical (unpaired) electrons. The van der Waals surface area contributed by atoms with Crippen LogP contribution in [0, 0.1) is 11.8 Å². The number of hydrogen-bond donors (Lipinski definition) is 0. The number of carbonyl (C=O) groups is 2. The second-order valence-corrected chi connectivity index (χ2v) is 6.62. The second-order valence-electron chi connectivity index (χ2n) is 6.62. The molecule has 3 atom stereocenters. The first kappa shape index (κ1) is 14.8. The number of rotatable bonds is 2. The first-order valence-electron chi connectivity index (χ1n) is 8.08. The van der Waals surface area contributed by atoms with Crippen molar-refractivity contribution in [1.82, 2.24) is 4.90 Å². The lowest BCUT2D eigenvalue weighted by Crippen LogP contribution is -2.52. The van der Waals surface area contributed by atoms with E-state index in [0.717, 1.165) is 45.1 Å². The number of nitrogens with zero attached hydrogens (tertiary/aromatic N) is 1. The van der Waals surface area contributed by atoms with E-state index in [-0.39, 0.29) is 35.4 Å². The minimum Gasteiger partial charge on any atom is -0.469 e. The Kier molecular flexibility index (Phi) is 3.95. The number of hydrogen-bond acceptors (Lipinski definition) is 5. The monoisotopic (exact) mass is 295 g/mol. The van der Waals surface area contributed by atoms with Crippen molar-refractivity contribution in [2.45, 2.75) is 56.5 Å². The third-order valence-corrected chi connectivity index (χ3v) is 5.87. The summed E-state index contributed by atoms with van der Waals surface area (Å²) in [5.74, 6) is -1.20. The predicted molar refractivity (Wildman–Crippen MR) is 76.6 cm³/mol. The van der Waals surface area contributed by atoms with Gasteiger partial charge in [-0.05, 0) is 32.2 Å². The largest absolute Gasteiger partial charge is 0.469 e. The first-order chi connectivity index (χ1) is 10.2. The molecule has 118 valence electrons. The van der Waals surface area contributed by atoms with Crippen LogP contribution in [0.5, 0.6) is 0 Å². The molecule has 3 aliphatic rings. The summed E-state index contributed by atoms with van der Waals surface area (Å²) >= 11 is 0. The molecule has 2 heterocycles. The summed E-state index contributed by atoms with van der Waals surface area (Å²) in [7, 11) is 2.85. The van der Waals surface area contributed by atoms with Gasteiger partial charge in [0, 0.05) is 11.6 Å². The van der Waals surface area contributed by atoms with Crippen molar-refractivity contribution in [3.63, 3.8) is 0 Å². The third-order valence-electron chi connectivity index (χ3n) is 5.87. The Bertz CT molecular complexity index is 430. The van der Waals surface area contributed by atoms with Crippen molar-refractivity contribution >= 4 is 11.9 Å². The topological polar surface area (TPSA) is 55.8 Å². The van der Waals surface area contributed by atoms with Crippen molar-refractivity contribution in [3.05, 3.63) is 0 Å². The number of esters is 2. The minimum absolute atomic E-state index is 0.152. The maximum Gasteiger partial charge on any atom is 0.311 e. The molecule has 1 aliphatic carbocycles. The molecule has 5 heteroatoms. The highest BCUT2D eigenvalue weighted by atomic mass is 16.5. The molecule has 1 spiro atoms. The van der Waals surface area contributed by atoms with Gasteiger partial charge in [-0.1, -0.05) is 19.3 Å². The average Bonchev–Trinajstić information content (AvgIpc) is 3.09. The normalized spacial score (nSPS) is 34.7. The van der Waals surface area contributed by atoms with Crippen molar-refractivity contribution in [2.24, 2.45) is 11.8 Å². The van der Waals surface area contributed by atoms with Crippen molar-refractivity contribution < 1.29 is 19.1 Å². The molecule has 0 aromatic heterocycles. The van der Waals surface area contributed by atoms with E-state index < -0.39 is 0 Å². The summed E-state index contributed by atoms with van der Waals surface area (Å²) in [5, 5.41) is 0. The van der Waals surface area contributed by atoms with E-state index in [2.05, 4.69) is 4.90 Å². The second kappa shape index (κ2) is 5.59. The molecule has 0 aromatic carbocycles. The van der Waals surface area contributed by atoms with Crippen LogP contribution in [-0.4, -0.2) is 49.2 Å². The molecular formula is C16H25NO4.